The number of nitrogens with two attached hydrogens (primary N) is 1. The van der Waals surface area contributed by atoms with Crippen LogP contribution in [-0.2, 0) is 9.53 Å². The van der Waals surface area contributed by atoms with Gasteiger partial charge in [-0.25, -0.2) is 0 Å². The molecule has 3 N–H and O–H groups in total. The van der Waals surface area contributed by atoms with E-state index in [1.807, 2.05) is 12.1 Å². The fourth-order valence-corrected chi connectivity index (χ4v) is 4.02. The highest BCUT2D eigenvalue weighted by Crippen LogP contribution is 2.31. The molecule has 0 spiro atoms. The van der Waals surface area contributed by atoms with Crippen LogP contribution in [-0.4, -0.2) is 57.3 Å². The fourth-order valence-electron chi connectivity index (χ4n) is 4.02. The summed E-state index contributed by atoms with van der Waals surface area (Å²) in [5.74, 6) is 0.913. The molecule has 2 fully saturated rings. The van der Waals surface area contributed by atoms with Crippen LogP contribution in [0.25, 0.3) is 0 Å². The number of nitrogens with one attached hydrogen (secondary N) is 1. The molecule has 1 aromatic carbocycles. The van der Waals surface area contributed by atoms with Gasteiger partial charge in [-0.15, -0.1) is 24.8 Å². The number of hydrogen-bond acceptors (Lipinski definition) is 5. The Morgan fingerprint density at radius 2 is 1.96 bits per heavy atom. The Hall–Kier alpha value is -1.05. The maximum atomic E-state index is 12.9. The number of hydrogen-bond donors (Lipinski definition) is 2. The van der Waals surface area contributed by atoms with E-state index in [0.29, 0.717) is 39.1 Å². The van der Waals surface area contributed by atoms with Gasteiger partial charge < -0.3 is 20.5 Å². The van der Waals surface area contributed by atoms with Gasteiger partial charge in [0.05, 0.1) is 18.6 Å². The van der Waals surface area contributed by atoms with E-state index in [1.54, 1.807) is 7.11 Å². The number of ether oxygens (including phenoxy) is 2. The van der Waals surface area contributed by atoms with Crippen LogP contribution in [0.3, 0.4) is 0 Å². The number of likely N-dealkylation sites (tertiary alicyclic amines) is 1. The van der Waals surface area contributed by atoms with Crippen LogP contribution in [0.5, 0.6) is 5.75 Å². The van der Waals surface area contributed by atoms with Crippen molar-refractivity contribution in [1.29, 1.82) is 0 Å². The zero-order chi connectivity index (χ0) is 18.4. The molecule has 3 rings (SSSR count). The van der Waals surface area contributed by atoms with Crippen molar-refractivity contribution in [2.45, 2.75) is 31.7 Å². The fraction of sp³-hybridized carbons (Fsp3) is 0.650. The van der Waals surface area contributed by atoms with E-state index in [-0.39, 0.29) is 36.8 Å². The summed E-state index contributed by atoms with van der Waals surface area (Å²) in [4.78, 5) is 15.4. The summed E-state index contributed by atoms with van der Waals surface area (Å²) in [5, 5.41) is 3.20. The molecular formula is C20H33Cl2N3O3. The third kappa shape index (κ3) is 5.74. The van der Waals surface area contributed by atoms with Gasteiger partial charge in [-0.2, -0.15) is 0 Å². The summed E-state index contributed by atoms with van der Waals surface area (Å²) in [5.41, 5.74) is 6.67. The Morgan fingerprint density at radius 1 is 1.29 bits per heavy atom. The molecule has 0 bridgehead atoms. The first-order valence-electron chi connectivity index (χ1n) is 9.63. The second kappa shape index (κ2) is 11.8. The monoisotopic (exact) mass is 433 g/mol. The Balaban J connectivity index is 0.00000196. The average molecular weight is 434 g/mol. The molecule has 1 amide bonds. The summed E-state index contributed by atoms with van der Waals surface area (Å²) in [6.45, 7) is 4.30. The van der Waals surface area contributed by atoms with E-state index in [0.717, 1.165) is 18.8 Å². The SMILES string of the molecule is COc1cccc(C(CNC(=O)C2(CN)CCOCC2)N2CCCC2)c1.Cl.Cl. The minimum absolute atomic E-state index is 0. The number of nitrogens with zero attached hydrogens (tertiary/aromatic N) is 1. The number of methoxy groups -OCH3 is 1. The second-order valence-corrected chi connectivity index (χ2v) is 7.34. The Morgan fingerprint density at radius 3 is 2.57 bits per heavy atom. The van der Waals surface area contributed by atoms with E-state index in [4.69, 9.17) is 15.2 Å². The molecule has 8 heteroatoms. The van der Waals surface area contributed by atoms with Crippen molar-refractivity contribution in [3.63, 3.8) is 0 Å². The van der Waals surface area contributed by atoms with Crippen LogP contribution in [0.15, 0.2) is 24.3 Å². The van der Waals surface area contributed by atoms with E-state index >= 15 is 0 Å². The summed E-state index contributed by atoms with van der Waals surface area (Å²) in [6, 6.07) is 8.31. The lowest BCUT2D eigenvalue weighted by molar-refractivity contribution is -0.136. The highest BCUT2D eigenvalue weighted by molar-refractivity contribution is 5.85. The summed E-state index contributed by atoms with van der Waals surface area (Å²) >= 11 is 0. The van der Waals surface area contributed by atoms with E-state index in [9.17, 15) is 4.79 Å². The first kappa shape index (κ1) is 25.0. The molecule has 0 aromatic heterocycles. The maximum absolute atomic E-state index is 12.9. The zero-order valence-corrected chi connectivity index (χ0v) is 18.2. The molecule has 2 heterocycles. The molecule has 0 aliphatic carbocycles. The average Bonchev–Trinajstić information content (AvgIpc) is 3.23. The predicted octanol–water partition coefficient (Wildman–Crippen LogP) is 2.55. The van der Waals surface area contributed by atoms with Crippen molar-refractivity contribution < 1.29 is 14.3 Å². The van der Waals surface area contributed by atoms with Gasteiger partial charge in [-0.1, -0.05) is 12.1 Å². The summed E-state index contributed by atoms with van der Waals surface area (Å²) in [7, 11) is 1.68. The lowest BCUT2D eigenvalue weighted by Gasteiger charge is -2.36. The van der Waals surface area contributed by atoms with Gasteiger partial charge in [0, 0.05) is 26.3 Å². The van der Waals surface area contributed by atoms with Crippen molar-refractivity contribution in [3.05, 3.63) is 29.8 Å². The molecular weight excluding hydrogens is 401 g/mol. The van der Waals surface area contributed by atoms with Crippen LogP contribution < -0.4 is 15.8 Å². The standard InChI is InChI=1S/C20H31N3O3.2ClH/c1-25-17-6-4-5-16(13-17)18(23-9-2-3-10-23)14-22-19(24)20(15-21)7-11-26-12-8-20;;/h4-6,13,18H,2-3,7-12,14-15,21H2,1H3,(H,22,24);2*1H. The number of carbonyl (C=O) groups excluding carboxylic acids is 1. The van der Waals surface area contributed by atoms with E-state index < -0.39 is 5.41 Å². The molecule has 2 aliphatic heterocycles. The van der Waals surface area contributed by atoms with Crippen LogP contribution in [0.1, 0.15) is 37.3 Å². The molecule has 0 radical (unpaired) electrons. The first-order chi connectivity index (χ1) is 12.7. The number of carbonyl (C=O) groups is 1. The van der Waals surface area contributed by atoms with E-state index in [1.165, 1.54) is 18.4 Å². The largest absolute Gasteiger partial charge is 0.497 e. The Kier molecular flexibility index (Phi) is 10.6. The molecule has 2 saturated heterocycles. The normalized spacial score (nSPS) is 19.8. The number of benzene rings is 1. The predicted molar refractivity (Wildman–Crippen MR) is 116 cm³/mol. The highest BCUT2D eigenvalue weighted by atomic mass is 35.5. The van der Waals surface area contributed by atoms with Crippen molar-refractivity contribution in [2.75, 3.05) is 46.5 Å². The van der Waals surface area contributed by atoms with Crippen LogP contribution in [0.4, 0.5) is 0 Å². The summed E-state index contributed by atoms with van der Waals surface area (Å²) < 4.78 is 10.8. The molecule has 6 nitrogen and oxygen atoms in total. The molecule has 2 aliphatic rings. The maximum Gasteiger partial charge on any atom is 0.227 e. The van der Waals surface area contributed by atoms with Gasteiger partial charge >= 0.3 is 0 Å². The molecule has 1 aromatic rings. The van der Waals surface area contributed by atoms with Crippen molar-refractivity contribution in [2.24, 2.45) is 11.1 Å². The highest BCUT2D eigenvalue weighted by Gasteiger charge is 2.39. The molecule has 28 heavy (non-hydrogen) atoms. The smallest absolute Gasteiger partial charge is 0.227 e. The topological polar surface area (TPSA) is 76.8 Å². The van der Waals surface area contributed by atoms with Gasteiger partial charge in [0.15, 0.2) is 0 Å². The molecule has 160 valence electrons. The third-order valence-corrected chi connectivity index (χ3v) is 5.84. The van der Waals surface area contributed by atoms with Crippen LogP contribution in [0.2, 0.25) is 0 Å². The lowest BCUT2D eigenvalue weighted by atomic mass is 9.79. The second-order valence-electron chi connectivity index (χ2n) is 7.34. The van der Waals surface area contributed by atoms with E-state index in [2.05, 4.69) is 22.3 Å². The van der Waals surface area contributed by atoms with Gasteiger partial charge in [0.1, 0.15) is 5.75 Å². The minimum atomic E-state index is -0.484. The molecule has 1 unspecified atom stereocenters. The molecule has 0 saturated carbocycles. The Labute approximate surface area is 180 Å². The minimum Gasteiger partial charge on any atom is -0.497 e. The molecule has 1 atom stereocenters. The van der Waals surface area contributed by atoms with Gasteiger partial charge in [-0.05, 0) is 56.5 Å². The van der Waals surface area contributed by atoms with Crippen LogP contribution >= 0.6 is 24.8 Å². The first-order valence-corrected chi connectivity index (χ1v) is 9.63. The van der Waals surface area contributed by atoms with Gasteiger partial charge in [0.2, 0.25) is 5.91 Å². The third-order valence-electron chi connectivity index (χ3n) is 5.84. The van der Waals surface area contributed by atoms with Crippen LogP contribution in [0, 0.1) is 5.41 Å². The number of amides is 1. The van der Waals surface area contributed by atoms with Gasteiger partial charge in [-0.3, -0.25) is 9.69 Å². The number of halogens is 2. The van der Waals surface area contributed by atoms with Crippen molar-refractivity contribution in [3.8, 4) is 5.75 Å². The van der Waals surface area contributed by atoms with Crippen molar-refractivity contribution in [1.82, 2.24) is 10.2 Å². The summed E-state index contributed by atoms with van der Waals surface area (Å²) in [6.07, 6.45) is 3.81. The van der Waals surface area contributed by atoms with Gasteiger partial charge in [0.25, 0.3) is 0 Å². The quantitative estimate of drug-likeness (QED) is 0.690. The Bertz CT molecular complexity index is 606. The van der Waals surface area contributed by atoms with Crippen molar-refractivity contribution >= 4 is 30.7 Å². The zero-order valence-electron chi connectivity index (χ0n) is 16.5. The number of rotatable bonds is 7. The lowest BCUT2D eigenvalue weighted by Crippen LogP contribution is -2.50.